The van der Waals surface area contributed by atoms with Crippen LogP contribution in [0.1, 0.15) is 56.1 Å². The Morgan fingerprint density at radius 3 is 2.00 bits per heavy atom. The van der Waals surface area contributed by atoms with Gasteiger partial charge in [0.1, 0.15) is 16.5 Å². The summed E-state index contributed by atoms with van der Waals surface area (Å²) in [6.07, 6.45) is 0. The van der Waals surface area contributed by atoms with Crippen molar-refractivity contribution in [3.8, 4) is 5.75 Å². The first-order chi connectivity index (χ1) is 16.3. The molecule has 0 aliphatic carbocycles. The molecule has 0 N–H and O–H groups in total. The summed E-state index contributed by atoms with van der Waals surface area (Å²) in [7, 11) is -4.08. The molecule has 0 atom stereocenters. The molecule has 5 nitrogen and oxygen atoms in total. The van der Waals surface area contributed by atoms with E-state index in [-0.39, 0.29) is 27.9 Å². The predicted molar refractivity (Wildman–Crippen MR) is 135 cm³/mol. The minimum Gasteiger partial charge on any atom is -0.379 e. The standard InChI is InChI=1S/C28H32FNO4S/c1-20(2)18-30(27(31)22-8-10-23(11-9-22)28(3,4)5)19-21-6-14-25(15-7-21)34-35(32,33)26-16-12-24(29)13-17-26/h6-17,20H,18-19H2,1-5H3. The van der Waals surface area contributed by atoms with Crippen LogP contribution in [-0.4, -0.2) is 25.8 Å². The molecule has 3 aromatic rings. The molecule has 3 rings (SSSR count). The Balaban J connectivity index is 1.74. The lowest BCUT2D eigenvalue weighted by Gasteiger charge is -2.25. The lowest BCUT2D eigenvalue weighted by molar-refractivity contribution is 0.0722. The van der Waals surface area contributed by atoms with Crippen LogP contribution in [0, 0.1) is 11.7 Å². The first-order valence-electron chi connectivity index (χ1n) is 11.5. The van der Waals surface area contributed by atoms with Crippen molar-refractivity contribution >= 4 is 16.0 Å². The second-order valence-corrected chi connectivity index (χ2v) is 11.6. The Labute approximate surface area is 207 Å². The van der Waals surface area contributed by atoms with Gasteiger partial charge in [0.15, 0.2) is 0 Å². The van der Waals surface area contributed by atoms with Gasteiger partial charge in [-0.2, -0.15) is 8.42 Å². The van der Waals surface area contributed by atoms with Crippen molar-refractivity contribution in [1.82, 2.24) is 4.90 Å². The van der Waals surface area contributed by atoms with Crippen LogP contribution in [0.25, 0.3) is 0 Å². The summed E-state index contributed by atoms with van der Waals surface area (Å²) in [6, 6.07) is 18.7. The number of hydrogen-bond acceptors (Lipinski definition) is 4. The summed E-state index contributed by atoms with van der Waals surface area (Å²) >= 11 is 0. The van der Waals surface area contributed by atoms with Gasteiger partial charge in [0, 0.05) is 18.7 Å². The molecule has 0 heterocycles. The van der Waals surface area contributed by atoms with Crippen LogP contribution in [0.3, 0.4) is 0 Å². The minimum atomic E-state index is -4.08. The molecule has 0 bridgehead atoms. The molecule has 186 valence electrons. The van der Waals surface area contributed by atoms with Crippen LogP contribution in [0.5, 0.6) is 5.75 Å². The van der Waals surface area contributed by atoms with Gasteiger partial charge in [0.05, 0.1) is 0 Å². The van der Waals surface area contributed by atoms with E-state index in [0.717, 1.165) is 35.4 Å². The third-order valence-electron chi connectivity index (χ3n) is 5.48. The van der Waals surface area contributed by atoms with Crippen molar-refractivity contribution in [1.29, 1.82) is 0 Å². The first-order valence-corrected chi connectivity index (χ1v) is 12.9. The maximum Gasteiger partial charge on any atom is 0.339 e. The Morgan fingerprint density at radius 1 is 0.914 bits per heavy atom. The summed E-state index contributed by atoms with van der Waals surface area (Å²) in [5.41, 5.74) is 2.64. The molecule has 0 fully saturated rings. The summed E-state index contributed by atoms with van der Waals surface area (Å²) in [4.78, 5) is 14.9. The molecule has 0 aromatic heterocycles. The van der Waals surface area contributed by atoms with Gasteiger partial charge in [0.25, 0.3) is 5.91 Å². The second-order valence-electron chi connectivity index (χ2n) is 10.0. The van der Waals surface area contributed by atoms with E-state index in [0.29, 0.717) is 18.7 Å². The first kappa shape index (κ1) is 26.4. The SMILES string of the molecule is CC(C)CN(Cc1ccc(OS(=O)(=O)c2ccc(F)cc2)cc1)C(=O)c1ccc(C(C)(C)C)cc1. The fourth-order valence-electron chi connectivity index (χ4n) is 3.60. The number of rotatable bonds is 8. The van der Waals surface area contributed by atoms with Gasteiger partial charge in [-0.05, 0) is 71.0 Å². The Hall–Kier alpha value is -3.19. The lowest BCUT2D eigenvalue weighted by Crippen LogP contribution is -2.33. The van der Waals surface area contributed by atoms with E-state index in [1.807, 2.05) is 24.3 Å². The van der Waals surface area contributed by atoms with Crippen molar-refractivity contribution in [3.63, 3.8) is 0 Å². The van der Waals surface area contributed by atoms with Crippen LogP contribution < -0.4 is 4.18 Å². The highest BCUT2D eigenvalue weighted by atomic mass is 32.2. The topological polar surface area (TPSA) is 63.7 Å². The number of nitrogens with zero attached hydrogens (tertiary/aromatic N) is 1. The molecule has 0 aliphatic rings. The van der Waals surface area contributed by atoms with Crippen molar-refractivity contribution in [3.05, 3.63) is 95.3 Å². The van der Waals surface area contributed by atoms with E-state index in [4.69, 9.17) is 4.18 Å². The van der Waals surface area contributed by atoms with Crippen molar-refractivity contribution in [2.24, 2.45) is 5.92 Å². The molecular formula is C28H32FNO4S. The molecule has 7 heteroatoms. The van der Waals surface area contributed by atoms with Gasteiger partial charge in [-0.3, -0.25) is 4.79 Å². The molecule has 35 heavy (non-hydrogen) atoms. The van der Waals surface area contributed by atoms with Gasteiger partial charge in [0.2, 0.25) is 0 Å². The van der Waals surface area contributed by atoms with E-state index in [9.17, 15) is 17.6 Å². The number of carbonyl (C=O) groups is 1. The molecule has 3 aromatic carbocycles. The summed E-state index contributed by atoms with van der Waals surface area (Å²) < 4.78 is 43.1. The third kappa shape index (κ3) is 7.15. The fourth-order valence-corrected chi connectivity index (χ4v) is 4.53. The largest absolute Gasteiger partial charge is 0.379 e. The molecule has 0 radical (unpaired) electrons. The zero-order chi connectivity index (χ0) is 25.8. The van der Waals surface area contributed by atoms with Gasteiger partial charge < -0.3 is 9.08 Å². The molecule has 0 saturated heterocycles. The number of benzene rings is 3. The van der Waals surface area contributed by atoms with Gasteiger partial charge in [-0.15, -0.1) is 0 Å². The van der Waals surface area contributed by atoms with Crippen LogP contribution >= 0.6 is 0 Å². The minimum absolute atomic E-state index is 0.00714. The van der Waals surface area contributed by atoms with Gasteiger partial charge in [-0.25, -0.2) is 4.39 Å². The van der Waals surface area contributed by atoms with Crippen LogP contribution in [0.2, 0.25) is 0 Å². The van der Waals surface area contributed by atoms with E-state index in [2.05, 4.69) is 34.6 Å². The predicted octanol–water partition coefficient (Wildman–Crippen LogP) is 6.19. The number of halogens is 1. The molecule has 1 amide bonds. The summed E-state index contributed by atoms with van der Waals surface area (Å²) in [5, 5.41) is 0. The highest BCUT2D eigenvalue weighted by molar-refractivity contribution is 7.87. The van der Waals surface area contributed by atoms with Crippen LogP contribution in [-0.2, 0) is 22.1 Å². The fraction of sp³-hybridized carbons (Fsp3) is 0.321. The van der Waals surface area contributed by atoms with E-state index in [1.165, 1.54) is 0 Å². The average Bonchev–Trinajstić information content (AvgIpc) is 2.79. The molecule has 0 spiro atoms. The smallest absolute Gasteiger partial charge is 0.339 e. The Morgan fingerprint density at radius 2 is 1.49 bits per heavy atom. The Bertz CT molecular complexity index is 1240. The van der Waals surface area contributed by atoms with Gasteiger partial charge in [-0.1, -0.05) is 58.9 Å². The van der Waals surface area contributed by atoms with E-state index in [1.54, 1.807) is 29.2 Å². The summed E-state index contributed by atoms with van der Waals surface area (Å²) in [6.45, 7) is 11.5. The number of amides is 1. The average molecular weight is 498 g/mol. The van der Waals surface area contributed by atoms with Crippen molar-refractivity contribution in [2.75, 3.05) is 6.54 Å². The van der Waals surface area contributed by atoms with Crippen molar-refractivity contribution in [2.45, 2.75) is 51.5 Å². The van der Waals surface area contributed by atoms with Crippen LogP contribution in [0.15, 0.2) is 77.7 Å². The second kappa shape index (κ2) is 10.6. The maximum atomic E-state index is 13.3. The van der Waals surface area contributed by atoms with E-state index >= 15 is 0 Å². The Kier molecular flexibility index (Phi) is 8.00. The maximum absolute atomic E-state index is 13.3. The molecular weight excluding hydrogens is 465 g/mol. The molecule has 0 aliphatic heterocycles. The van der Waals surface area contributed by atoms with Crippen LogP contribution in [0.4, 0.5) is 4.39 Å². The zero-order valence-electron chi connectivity index (χ0n) is 20.8. The van der Waals surface area contributed by atoms with E-state index < -0.39 is 15.9 Å². The highest BCUT2D eigenvalue weighted by Crippen LogP contribution is 2.24. The highest BCUT2D eigenvalue weighted by Gasteiger charge is 2.20. The third-order valence-corrected chi connectivity index (χ3v) is 6.74. The number of hydrogen-bond donors (Lipinski definition) is 0. The lowest BCUT2D eigenvalue weighted by atomic mass is 9.86. The monoisotopic (exact) mass is 497 g/mol. The molecule has 0 unspecified atom stereocenters. The normalized spacial score (nSPS) is 12.0. The quantitative estimate of drug-likeness (QED) is 0.348. The summed E-state index contributed by atoms with van der Waals surface area (Å²) in [5.74, 6) is -0.175. The molecule has 0 saturated carbocycles. The van der Waals surface area contributed by atoms with Gasteiger partial charge >= 0.3 is 10.1 Å². The number of carbonyl (C=O) groups excluding carboxylic acids is 1. The zero-order valence-corrected chi connectivity index (χ0v) is 21.6. The van der Waals surface area contributed by atoms with Crippen molar-refractivity contribution < 1.29 is 21.8 Å².